The molecule has 0 unspecified atom stereocenters. The van der Waals surface area contributed by atoms with Crippen LogP contribution in [-0.4, -0.2) is 19.7 Å². The average Bonchev–Trinajstić information content (AvgIpc) is 3.10. The Morgan fingerprint density at radius 1 is 1.24 bits per heavy atom. The summed E-state index contributed by atoms with van der Waals surface area (Å²) in [5, 5.41) is 18.5. The zero-order valence-electron chi connectivity index (χ0n) is 13.0. The average molecular weight is 339 g/mol. The molecular formula is C17H14FN5O2. The van der Waals surface area contributed by atoms with E-state index in [-0.39, 0.29) is 23.6 Å². The summed E-state index contributed by atoms with van der Waals surface area (Å²) in [6.45, 7) is 0. The normalized spacial score (nSPS) is 19.1. The van der Waals surface area contributed by atoms with Gasteiger partial charge >= 0.3 is 0 Å². The van der Waals surface area contributed by atoms with E-state index >= 15 is 0 Å². The van der Waals surface area contributed by atoms with Crippen molar-refractivity contribution in [1.29, 1.82) is 0 Å². The Labute approximate surface area is 142 Å². The topological polar surface area (TPSA) is 85.9 Å². The van der Waals surface area contributed by atoms with Gasteiger partial charge in [-0.3, -0.25) is 10.1 Å². The second-order valence-corrected chi connectivity index (χ2v) is 5.85. The van der Waals surface area contributed by atoms with Crippen LogP contribution in [0.5, 0.6) is 0 Å². The van der Waals surface area contributed by atoms with Crippen molar-refractivity contribution in [2.24, 2.45) is 0 Å². The Bertz CT molecular complexity index is 942. The van der Waals surface area contributed by atoms with Crippen LogP contribution in [0.2, 0.25) is 0 Å². The number of hydrogen-bond donors (Lipinski definition) is 1. The molecule has 0 amide bonds. The van der Waals surface area contributed by atoms with Gasteiger partial charge in [0.25, 0.3) is 5.69 Å². The minimum absolute atomic E-state index is 0.0220. The lowest BCUT2D eigenvalue weighted by molar-refractivity contribution is -0.384. The smallest absolute Gasteiger partial charge is 0.269 e. The molecular weight excluding hydrogens is 325 g/mol. The molecule has 3 aromatic rings. The predicted molar refractivity (Wildman–Crippen MR) is 88.6 cm³/mol. The van der Waals surface area contributed by atoms with Crippen LogP contribution in [0.3, 0.4) is 0 Å². The minimum atomic E-state index is -0.427. The van der Waals surface area contributed by atoms with Gasteiger partial charge in [-0.1, -0.05) is 30.3 Å². The Hall–Kier alpha value is -3.29. The second kappa shape index (κ2) is 5.97. The molecule has 2 aromatic carbocycles. The third-order valence-electron chi connectivity index (χ3n) is 4.38. The Balaban J connectivity index is 1.75. The van der Waals surface area contributed by atoms with Crippen LogP contribution in [0.4, 0.5) is 16.0 Å². The number of benzene rings is 2. The number of fused-ring (bicyclic) bond motifs is 1. The van der Waals surface area contributed by atoms with E-state index in [1.807, 2.05) is 6.07 Å². The SMILES string of the molecule is O=[N+]([O-])c1cccc([C@H]2C[C@H](c3ccccc3F)n3ncnc3N2)c1. The first kappa shape index (κ1) is 15.3. The highest BCUT2D eigenvalue weighted by Gasteiger charge is 2.31. The zero-order chi connectivity index (χ0) is 17.4. The molecule has 25 heavy (non-hydrogen) atoms. The van der Waals surface area contributed by atoms with Crippen LogP contribution in [0.15, 0.2) is 54.9 Å². The lowest BCUT2D eigenvalue weighted by Crippen LogP contribution is -2.28. The maximum atomic E-state index is 14.3. The summed E-state index contributed by atoms with van der Waals surface area (Å²) in [5.74, 6) is 0.199. The Morgan fingerprint density at radius 3 is 2.88 bits per heavy atom. The lowest BCUT2D eigenvalue weighted by Gasteiger charge is -2.31. The summed E-state index contributed by atoms with van der Waals surface area (Å²) in [7, 11) is 0. The Kier molecular flexibility index (Phi) is 3.64. The number of nitrogens with one attached hydrogen (secondary N) is 1. The van der Waals surface area contributed by atoms with Crippen molar-refractivity contribution in [1.82, 2.24) is 14.8 Å². The predicted octanol–water partition coefficient (Wildman–Crippen LogP) is 3.47. The second-order valence-electron chi connectivity index (χ2n) is 5.85. The van der Waals surface area contributed by atoms with Crippen LogP contribution in [0.25, 0.3) is 0 Å². The summed E-state index contributed by atoms with van der Waals surface area (Å²) in [6.07, 6.45) is 1.91. The first-order chi connectivity index (χ1) is 12.1. The molecule has 0 spiro atoms. The third kappa shape index (κ3) is 2.71. The number of nitrogens with zero attached hydrogens (tertiary/aromatic N) is 4. The molecule has 1 aliphatic heterocycles. The van der Waals surface area contributed by atoms with Crippen LogP contribution in [0, 0.1) is 15.9 Å². The molecule has 1 aliphatic rings. The van der Waals surface area contributed by atoms with Gasteiger partial charge in [0.2, 0.25) is 5.95 Å². The van der Waals surface area contributed by atoms with Crippen LogP contribution >= 0.6 is 0 Å². The van der Waals surface area contributed by atoms with Crippen molar-refractivity contribution >= 4 is 11.6 Å². The van der Waals surface area contributed by atoms with Gasteiger partial charge in [0.05, 0.1) is 17.0 Å². The van der Waals surface area contributed by atoms with Gasteiger partial charge in [0.1, 0.15) is 12.1 Å². The molecule has 0 saturated carbocycles. The van der Waals surface area contributed by atoms with Crippen LogP contribution in [-0.2, 0) is 0 Å². The highest BCUT2D eigenvalue weighted by atomic mass is 19.1. The molecule has 1 aromatic heterocycles. The number of halogens is 1. The number of aromatic nitrogens is 3. The Morgan fingerprint density at radius 2 is 2.08 bits per heavy atom. The van der Waals surface area contributed by atoms with E-state index < -0.39 is 4.92 Å². The van der Waals surface area contributed by atoms with E-state index in [9.17, 15) is 14.5 Å². The number of rotatable bonds is 3. The van der Waals surface area contributed by atoms with E-state index in [1.54, 1.807) is 28.9 Å². The highest BCUT2D eigenvalue weighted by Crippen LogP contribution is 2.38. The van der Waals surface area contributed by atoms with Gasteiger partial charge in [0, 0.05) is 17.7 Å². The summed E-state index contributed by atoms with van der Waals surface area (Å²) >= 11 is 0. The molecule has 1 N–H and O–H groups in total. The van der Waals surface area contributed by atoms with E-state index in [0.717, 1.165) is 5.56 Å². The van der Waals surface area contributed by atoms with Gasteiger partial charge in [-0.05, 0) is 18.1 Å². The van der Waals surface area contributed by atoms with Crippen molar-refractivity contribution in [3.05, 3.63) is 81.9 Å². The molecule has 4 rings (SSSR count). The molecule has 2 heterocycles. The molecule has 8 heteroatoms. The minimum Gasteiger partial charge on any atom is -0.348 e. The summed E-state index contributed by atoms with van der Waals surface area (Å²) in [6, 6.07) is 12.4. The molecule has 2 atom stereocenters. The molecule has 126 valence electrons. The van der Waals surface area contributed by atoms with Gasteiger partial charge in [-0.25, -0.2) is 9.07 Å². The van der Waals surface area contributed by atoms with Gasteiger partial charge in [0.15, 0.2) is 0 Å². The molecule has 0 saturated heterocycles. The van der Waals surface area contributed by atoms with Crippen molar-refractivity contribution in [3.63, 3.8) is 0 Å². The number of non-ortho nitro benzene ring substituents is 1. The molecule has 7 nitrogen and oxygen atoms in total. The van der Waals surface area contributed by atoms with Crippen molar-refractivity contribution in [2.75, 3.05) is 5.32 Å². The number of hydrogen-bond acceptors (Lipinski definition) is 5. The van der Waals surface area contributed by atoms with E-state index in [0.29, 0.717) is 17.9 Å². The fraction of sp³-hybridized carbons (Fsp3) is 0.176. The molecule has 0 bridgehead atoms. The van der Waals surface area contributed by atoms with Crippen LogP contribution < -0.4 is 5.32 Å². The fourth-order valence-electron chi connectivity index (χ4n) is 3.20. The zero-order valence-corrected chi connectivity index (χ0v) is 13.0. The van der Waals surface area contributed by atoms with E-state index in [4.69, 9.17) is 0 Å². The van der Waals surface area contributed by atoms with Gasteiger partial charge in [-0.2, -0.15) is 10.1 Å². The van der Waals surface area contributed by atoms with Crippen molar-refractivity contribution in [3.8, 4) is 0 Å². The largest absolute Gasteiger partial charge is 0.348 e. The summed E-state index contributed by atoms with van der Waals surface area (Å²) < 4.78 is 15.9. The number of nitro benzene ring substituents is 1. The number of nitro groups is 1. The van der Waals surface area contributed by atoms with E-state index in [1.165, 1.54) is 24.5 Å². The third-order valence-corrected chi connectivity index (χ3v) is 4.38. The van der Waals surface area contributed by atoms with Crippen LogP contribution in [0.1, 0.15) is 29.6 Å². The molecule has 0 fully saturated rings. The molecule has 0 radical (unpaired) electrons. The van der Waals surface area contributed by atoms with E-state index in [2.05, 4.69) is 15.4 Å². The van der Waals surface area contributed by atoms with Gasteiger partial charge < -0.3 is 5.32 Å². The highest BCUT2D eigenvalue weighted by molar-refractivity contribution is 5.42. The van der Waals surface area contributed by atoms with Gasteiger partial charge in [-0.15, -0.1) is 0 Å². The standard InChI is InChI=1S/C17H14FN5O2/c18-14-7-2-1-6-13(14)16-9-15(21-17-19-10-20-22(16)17)11-4-3-5-12(8-11)23(24)25/h1-8,10,15-16H,9H2,(H,19,20,21)/t15-,16-/m1/s1. The maximum absolute atomic E-state index is 14.3. The van der Waals surface area contributed by atoms with Crippen molar-refractivity contribution in [2.45, 2.75) is 18.5 Å². The summed E-state index contributed by atoms with van der Waals surface area (Å²) in [4.78, 5) is 14.8. The lowest BCUT2D eigenvalue weighted by atomic mass is 9.93. The first-order valence-electron chi connectivity index (χ1n) is 7.78. The number of anilines is 1. The maximum Gasteiger partial charge on any atom is 0.269 e. The quantitative estimate of drug-likeness (QED) is 0.583. The van der Waals surface area contributed by atoms with Crippen molar-refractivity contribution < 1.29 is 9.31 Å². The summed E-state index contributed by atoms with van der Waals surface area (Å²) in [5.41, 5.74) is 1.30. The fourth-order valence-corrected chi connectivity index (χ4v) is 3.20. The monoisotopic (exact) mass is 339 g/mol. The molecule has 0 aliphatic carbocycles. The first-order valence-corrected chi connectivity index (χ1v) is 7.78.